The van der Waals surface area contributed by atoms with Crippen LogP contribution in [0.15, 0.2) is 22.1 Å². The summed E-state index contributed by atoms with van der Waals surface area (Å²) < 4.78 is 0.868. The van der Waals surface area contributed by atoms with Gasteiger partial charge >= 0.3 is 0 Å². The Labute approximate surface area is 122 Å². The van der Waals surface area contributed by atoms with Crippen molar-refractivity contribution >= 4 is 56.2 Å². The van der Waals surface area contributed by atoms with Gasteiger partial charge in [-0.15, -0.1) is 11.3 Å². The van der Waals surface area contributed by atoms with Crippen molar-refractivity contribution in [1.29, 1.82) is 0 Å². The van der Waals surface area contributed by atoms with E-state index in [-0.39, 0.29) is 0 Å². The Bertz CT molecular complexity index is 519. The molecule has 2 nitrogen and oxygen atoms in total. The Morgan fingerprint density at radius 2 is 2.00 bits per heavy atom. The van der Waals surface area contributed by atoms with E-state index in [2.05, 4.69) is 26.2 Å². The molecule has 0 aliphatic heterocycles. The van der Waals surface area contributed by atoms with Gasteiger partial charge in [-0.25, -0.2) is 4.98 Å². The van der Waals surface area contributed by atoms with Crippen LogP contribution < -0.4 is 5.32 Å². The molecule has 0 saturated heterocycles. The Morgan fingerprint density at radius 3 is 2.53 bits per heavy atom. The number of hydrogen-bond acceptors (Lipinski definition) is 3. The van der Waals surface area contributed by atoms with Crippen molar-refractivity contribution in [3.05, 3.63) is 42.7 Å². The summed E-state index contributed by atoms with van der Waals surface area (Å²) in [4.78, 5) is 5.37. The first-order valence-corrected chi connectivity index (χ1v) is 7.28. The molecule has 0 radical (unpaired) electrons. The third kappa shape index (κ3) is 3.13. The normalized spacial score (nSPS) is 10.6. The highest BCUT2D eigenvalue weighted by atomic mass is 79.9. The van der Waals surface area contributed by atoms with Crippen molar-refractivity contribution < 1.29 is 0 Å². The van der Waals surface area contributed by atoms with Crippen LogP contribution in [0.3, 0.4) is 0 Å². The van der Waals surface area contributed by atoms with E-state index in [9.17, 15) is 0 Å². The van der Waals surface area contributed by atoms with Crippen LogP contribution in [0, 0.1) is 6.92 Å². The van der Waals surface area contributed by atoms with E-state index in [1.165, 1.54) is 4.88 Å². The molecule has 2 aromatic rings. The first-order chi connectivity index (χ1) is 8.08. The van der Waals surface area contributed by atoms with Gasteiger partial charge in [0.15, 0.2) is 0 Å². The van der Waals surface area contributed by atoms with Gasteiger partial charge in [-0.3, -0.25) is 0 Å². The molecule has 1 aromatic carbocycles. The number of hydrogen-bond donors (Lipinski definition) is 1. The fourth-order valence-electron chi connectivity index (χ4n) is 1.38. The predicted molar refractivity (Wildman–Crippen MR) is 78.3 cm³/mol. The van der Waals surface area contributed by atoms with Gasteiger partial charge in [-0.1, -0.05) is 39.1 Å². The van der Waals surface area contributed by atoms with Crippen LogP contribution in [0.1, 0.15) is 10.6 Å². The predicted octanol–water partition coefficient (Wildman–Crippen LogP) is 5.13. The van der Waals surface area contributed by atoms with Crippen molar-refractivity contribution in [2.45, 2.75) is 13.5 Å². The lowest BCUT2D eigenvalue weighted by atomic mass is 10.3. The Balaban J connectivity index is 2.17. The quantitative estimate of drug-likeness (QED) is 0.828. The van der Waals surface area contributed by atoms with Crippen molar-refractivity contribution in [2.24, 2.45) is 0 Å². The Hall–Kier alpha value is -0.290. The number of thiazole rings is 1. The first-order valence-electron chi connectivity index (χ1n) is 4.85. The zero-order valence-corrected chi connectivity index (χ0v) is 12.8. The van der Waals surface area contributed by atoms with E-state index in [1.807, 2.05) is 24.6 Å². The van der Waals surface area contributed by atoms with Gasteiger partial charge in [-0.2, -0.15) is 0 Å². The van der Waals surface area contributed by atoms with E-state index >= 15 is 0 Å². The summed E-state index contributed by atoms with van der Waals surface area (Å²) in [6.45, 7) is 2.66. The van der Waals surface area contributed by atoms with Gasteiger partial charge in [-0.05, 0) is 19.1 Å². The summed E-state index contributed by atoms with van der Waals surface area (Å²) in [5.41, 5.74) is 3.62. The van der Waals surface area contributed by atoms with Crippen LogP contribution in [-0.4, -0.2) is 4.98 Å². The zero-order valence-electron chi connectivity index (χ0n) is 8.93. The van der Waals surface area contributed by atoms with Crippen LogP contribution in [0.2, 0.25) is 10.0 Å². The number of rotatable bonds is 3. The fraction of sp³-hybridized carbons (Fsp3) is 0.182. The minimum absolute atomic E-state index is 0.603. The Morgan fingerprint density at radius 1 is 1.35 bits per heavy atom. The third-order valence-corrected chi connectivity index (χ3v) is 4.27. The second kappa shape index (κ2) is 5.57. The number of nitrogens with one attached hydrogen (secondary N) is 1. The van der Waals surface area contributed by atoms with Gasteiger partial charge in [0.25, 0.3) is 0 Å². The van der Waals surface area contributed by atoms with Crippen LogP contribution in [0.5, 0.6) is 0 Å². The number of benzene rings is 1. The molecule has 0 unspecified atom stereocenters. The molecule has 0 fully saturated rings. The van der Waals surface area contributed by atoms with Gasteiger partial charge in [0.05, 0.1) is 33.5 Å². The van der Waals surface area contributed by atoms with Crippen molar-refractivity contribution in [2.75, 3.05) is 5.32 Å². The number of nitrogens with zero attached hydrogens (tertiary/aromatic N) is 1. The minimum atomic E-state index is 0.603. The van der Waals surface area contributed by atoms with Crippen molar-refractivity contribution in [3.8, 4) is 0 Å². The second-order valence-corrected chi connectivity index (χ2v) is 6.13. The molecule has 17 heavy (non-hydrogen) atoms. The maximum Gasteiger partial charge on any atom is 0.0798 e. The molecule has 0 aliphatic rings. The molecule has 1 heterocycles. The standard InChI is InChI=1S/C11H9BrCl2N2S/c1-6-10(17-5-16-6)4-15-11-8(13)2-7(12)3-9(11)14/h2-3,5,15H,4H2,1H3. The maximum atomic E-state index is 6.13. The largest absolute Gasteiger partial charge is 0.378 e. The number of anilines is 1. The molecule has 2 rings (SSSR count). The monoisotopic (exact) mass is 350 g/mol. The lowest BCUT2D eigenvalue weighted by Gasteiger charge is -2.10. The second-order valence-electron chi connectivity index (χ2n) is 3.46. The molecule has 90 valence electrons. The number of halogens is 3. The molecule has 1 aromatic heterocycles. The topological polar surface area (TPSA) is 24.9 Å². The molecular formula is C11H9BrCl2N2S. The highest BCUT2D eigenvalue weighted by Gasteiger charge is 2.08. The van der Waals surface area contributed by atoms with Crippen LogP contribution in [-0.2, 0) is 6.54 Å². The minimum Gasteiger partial charge on any atom is -0.378 e. The van der Waals surface area contributed by atoms with Crippen LogP contribution in [0.4, 0.5) is 5.69 Å². The van der Waals surface area contributed by atoms with Crippen LogP contribution in [0.25, 0.3) is 0 Å². The van der Waals surface area contributed by atoms with E-state index in [0.29, 0.717) is 16.6 Å². The van der Waals surface area contributed by atoms with Crippen molar-refractivity contribution in [1.82, 2.24) is 4.98 Å². The van der Waals surface area contributed by atoms with E-state index in [1.54, 1.807) is 11.3 Å². The van der Waals surface area contributed by atoms with Crippen molar-refractivity contribution in [3.63, 3.8) is 0 Å². The van der Waals surface area contributed by atoms with E-state index in [0.717, 1.165) is 15.9 Å². The summed E-state index contributed by atoms with van der Waals surface area (Å²) in [5.74, 6) is 0. The van der Waals surface area contributed by atoms with Gasteiger partial charge in [0.2, 0.25) is 0 Å². The van der Waals surface area contributed by atoms with E-state index in [4.69, 9.17) is 23.2 Å². The average molecular weight is 352 g/mol. The molecule has 0 saturated carbocycles. The number of aromatic nitrogens is 1. The van der Waals surface area contributed by atoms with Gasteiger partial charge in [0.1, 0.15) is 0 Å². The SMILES string of the molecule is Cc1ncsc1CNc1c(Cl)cc(Br)cc1Cl. The summed E-state index contributed by atoms with van der Waals surface area (Å²) in [5, 5.41) is 4.44. The van der Waals surface area contributed by atoms with Gasteiger partial charge < -0.3 is 5.32 Å². The highest BCUT2D eigenvalue weighted by Crippen LogP contribution is 2.34. The summed E-state index contributed by atoms with van der Waals surface area (Å²) in [6.07, 6.45) is 0. The lowest BCUT2D eigenvalue weighted by molar-refractivity contribution is 1.12. The third-order valence-electron chi connectivity index (χ3n) is 2.28. The average Bonchev–Trinajstić information content (AvgIpc) is 2.62. The molecule has 0 amide bonds. The summed E-state index contributed by atoms with van der Waals surface area (Å²) >= 11 is 17.2. The van der Waals surface area contributed by atoms with E-state index < -0.39 is 0 Å². The Kier molecular flexibility index (Phi) is 4.31. The zero-order chi connectivity index (χ0) is 12.4. The molecule has 0 bridgehead atoms. The first kappa shape index (κ1) is 13.1. The molecule has 0 spiro atoms. The highest BCUT2D eigenvalue weighted by molar-refractivity contribution is 9.10. The number of aryl methyl sites for hydroxylation is 1. The molecule has 1 N–H and O–H groups in total. The summed E-state index contributed by atoms with van der Waals surface area (Å²) in [7, 11) is 0. The molecule has 0 aliphatic carbocycles. The fourth-order valence-corrected chi connectivity index (χ4v) is 3.43. The molecular weight excluding hydrogens is 343 g/mol. The van der Waals surface area contributed by atoms with Crippen LogP contribution >= 0.6 is 50.5 Å². The lowest BCUT2D eigenvalue weighted by Crippen LogP contribution is -2.00. The maximum absolute atomic E-state index is 6.13. The van der Waals surface area contributed by atoms with Gasteiger partial charge in [0, 0.05) is 9.35 Å². The smallest absolute Gasteiger partial charge is 0.0798 e. The summed E-state index contributed by atoms with van der Waals surface area (Å²) in [6, 6.07) is 3.63. The molecule has 6 heteroatoms. The molecule has 0 atom stereocenters.